The minimum Gasteiger partial charge on any atom is -0.478 e. The second kappa shape index (κ2) is 6.33. The third-order valence-corrected chi connectivity index (χ3v) is 5.46. The zero-order chi connectivity index (χ0) is 13.0. The third-order valence-electron chi connectivity index (χ3n) is 2.62. The number of rotatable bonds is 4. The number of hydrogen-bond acceptors (Lipinski definition) is 4. The monoisotopic (exact) mass is 287 g/mol. The Hall–Kier alpha value is -0.880. The Bertz CT molecular complexity index is 436. The molecule has 3 nitrogen and oxygen atoms in total. The quantitative estimate of drug-likeness (QED) is 0.892. The van der Waals surface area contributed by atoms with E-state index in [4.69, 9.17) is 5.11 Å². The van der Waals surface area contributed by atoms with Crippen LogP contribution in [0.2, 0.25) is 0 Å². The van der Waals surface area contributed by atoms with Crippen molar-refractivity contribution in [3.05, 3.63) is 29.6 Å². The van der Waals surface area contributed by atoms with Crippen molar-refractivity contribution < 1.29 is 14.3 Å². The highest BCUT2D eigenvalue weighted by Gasteiger charge is 2.15. The summed E-state index contributed by atoms with van der Waals surface area (Å²) in [7, 11) is 0. The van der Waals surface area contributed by atoms with E-state index in [1.165, 1.54) is 17.9 Å². The maximum Gasteiger partial charge on any atom is 0.338 e. The molecule has 0 radical (unpaired) electrons. The summed E-state index contributed by atoms with van der Waals surface area (Å²) in [6.07, 6.45) is 0. The van der Waals surface area contributed by atoms with Gasteiger partial charge in [0.05, 0.1) is 5.56 Å². The molecular weight excluding hydrogens is 273 g/mol. The largest absolute Gasteiger partial charge is 0.478 e. The molecule has 6 heteroatoms. The molecule has 0 aliphatic carbocycles. The second-order valence-corrected chi connectivity index (χ2v) is 6.51. The van der Waals surface area contributed by atoms with Crippen molar-refractivity contribution in [1.29, 1.82) is 0 Å². The molecular formula is C12H14FNO2S2. The average Bonchev–Trinajstić information content (AvgIpc) is 2.37. The molecule has 0 bridgehead atoms. The van der Waals surface area contributed by atoms with Gasteiger partial charge in [-0.25, -0.2) is 9.18 Å². The molecule has 1 fully saturated rings. The van der Waals surface area contributed by atoms with E-state index in [1.54, 1.807) is 6.07 Å². The van der Waals surface area contributed by atoms with Gasteiger partial charge in [-0.05, 0) is 18.2 Å². The van der Waals surface area contributed by atoms with E-state index in [0.717, 1.165) is 18.1 Å². The van der Waals surface area contributed by atoms with E-state index < -0.39 is 11.8 Å². The molecule has 2 N–H and O–H groups in total. The number of benzene rings is 1. The van der Waals surface area contributed by atoms with Gasteiger partial charge in [-0.2, -0.15) is 23.5 Å². The lowest BCUT2D eigenvalue weighted by molar-refractivity contribution is 0.0692. The molecule has 0 saturated carbocycles. The van der Waals surface area contributed by atoms with Gasteiger partial charge in [0.2, 0.25) is 0 Å². The van der Waals surface area contributed by atoms with Gasteiger partial charge >= 0.3 is 5.97 Å². The van der Waals surface area contributed by atoms with Crippen LogP contribution in [0.15, 0.2) is 18.2 Å². The van der Waals surface area contributed by atoms with Crippen molar-refractivity contribution in [2.45, 2.75) is 5.25 Å². The lowest BCUT2D eigenvalue weighted by Gasteiger charge is -2.21. The SMILES string of the molecule is O=C(O)c1ccc(NCC2CSCCS2)cc1F. The molecule has 1 aromatic carbocycles. The number of carboxylic acids is 1. The Kier molecular flexibility index (Phi) is 4.77. The number of carbonyl (C=O) groups is 1. The highest BCUT2D eigenvalue weighted by atomic mass is 32.2. The van der Waals surface area contributed by atoms with Crippen molar-refractivity contribution in [2.24, 2.45) is 0 Å². The minimum atomic E-state index is -1.24. The van der Waals surface area contributed by atoms with E-state index in [1.807, 2.05) is 23.5 Å². The average molecular weight is 287 g/mol. The van der Waals surface area contributed by atoms with Crippen LogP contribution in [0.4, 0.5) is 10.1 Å². The third kappa shape index (κ3) is 3.55. The molecule has 1 atom stereocenters. The number of carboxylic acid groups (broad SMARTS) is 1. The van der Waals surface area contributed by atoms with E-state index in [0.29, 0.717) is 10.9 Å². The van der Waals surface area contributed by atoms with Gasteiger partial charge in [-0.3, -0.25) is 0 Å². The van der Waals surface area contributed by atoms with Gasteiger partial charge in [0, 0.05) is 34.7 Å². The summed E-state index contributed by atoms with van der Waals surface area (Å²) in [6.45, 7) is 0.781. The molecule has 1 unspecified atom stereocenters. The molecule has 1 saturated heterocycles. The molecule has 0 amide bonds. The van der Waals surface area contributed by atoms with Gasteiger partial charge in [0.1, 0.15) is 5.82 Å². The lowest BCUT2D eigenvalue weighted by atomic mass is 10.2. The Morgan fingerprint density at radius 1 is 1.50 bits per heavy atom. The van der Waals surface area contributed by atoms with Crippen LogP contribution in [0, 0.1) is 5.82 Å². The first kappa shape index (κ1) is 13.5. The van der Waals surface area contributed by atoms with E-state index in [2.05, 4.69) is 5.32 Å². The van der Waals surface area contributed by atoms with Gasteiger partial charge < -0.3 is 10.4 Å². The molecule has 1 aliphatic rings. The highest BCUT2D eigenvalue weighted by Crippen LogP contribution is 2.24. The van der Waals surface area contributed by atoms with Crippen LogP contribution >= 0.6 is 23.5 Å². The number of aromatic carboxylic acids is 1. The van der Waals surface area contributed by atoms with Crippen molar-refractivity contribution in [1.82, 2.24) is 0 Å². The Morgan fingerprint density at radius 3 is 2.94 bits per heavy atom. The van der Waals surface area contributed by atoms with Crippen LogP contribution in [0.3, 0.4) is 0 Å². The van der Waals surface area contributed by atoms with Crippen molar-refractivity contribution in [2.75, 3.05) is 29.1 Å². The van der Waals surface area contributed by atoms with Gasteiger partial charge in [-0.15, -0.1) is 0 Å². The van der Waals surface area contributed by atoms with E-state index in [-0.39, 0.29) is 5.56 Å². The number of anilines is 1. The molecule has 0 aromatic heterocycles. The number of halogens is 1. The van der Waals surface area contributed by atoms with Crippen LogP contribution < -0.4 is 5.32 Å². The number of hydrogen-bond donors (Lipinski definition) is 2. The predicted octanol–water partition coefficient (Wildman–Crippen LogP) is 2.78. The zero-order valence-corrected chi connectivity index (χ0v) is 11.3. The molecule has 1 aromatic rings. The molecule has 1 aliphatic heterocycles. The number of thioether (sulfide) groups is 2. The van der Waals surface area contributed by atoms with Crippen molar-refractivity contribution in [3.63, 3.8) is 0 Å². The van der Waals surface area contributed by atoms with Crippen LogP contribution in [-0.4, -0.2) is 40.1 Å². The summed E-state index contributed by atoms with van der Waals surface area (Å²) < 4.78 is 13.4. The summed E-state index contributed by atoms with van der Waals surface area (Å²) in [5, 5.41) is 12.4. The fourth-order valence-electron chi connectivity index (χ4n) is 1.68. The maximum atomic E-state index is 13.4. The second-order valence-electron chi connectivity index (χ2n) is 3.95. The molecule has 98 valence electrons. The fourth-order valence-corrected chi connectivity index (χ4v) is 4.30. The minimum absolute atomic E-state index is 0.289. The van der Waals surface area contributed by atoms with E-state index >= 15 is 0 Å². The Labute approximate surface area is 114 Å². The predicted molar refractivity (Wildman–Crippen MR) is 75.4 cm³/mol. The highest BCUT2D eigenvalue weighted by molar-refractivity contribution is 8.06. The molecule has 2 rings (SSSR count). The Balaban J connectivity index is 1.93. The smallest absolute Gasteiger partial charge is 0.338 e. The first-order chi connectivity index (χ1) is 8.66. The standard InChI is InChI=1S/C12H14FNO2S2/c13-11-5-8(1-2-10(11)12(15)16)14-6-9-7-17-3-4-18-9/h1-2,5,9,14H,3-4,6-7H2,(H,15,16). The summed E-state index contributed by atoms with van der Waals surface area (Å²) in [6, 6.07) is 4.14. The fraction of sp³-hybridized carbons (Fsp3) is 0.417. The van der Waals surface area contributed by atoms with Crippen LogP contribution in [-0.2, 0) is 0 Å². The topological polar surface area (TPSA) is 49.3 Å². The van der Waals surface area contributed by atoms with Crippen LogP contribution in [0.1, 0.15) is 10.4 Å². The Morgan fingerprint density at radius 2 is 2.33 bits per heavy atom. The first-order valence-electron chi connectivity index (χ1n) is 5.63. The van der Waals surface area contributed by atoms with Crippen LogP contribution in [0.25, 0.3) is 0 Å². The van der Waals surface area contributed by atoms with Crippen LogP contribution in [0.5, 0.6) is 0 Å². The van der Waals surface area contributed by atoms with Crippen molar-refractivity contribution in [3.8, 4) is 0 Å². The molecule has 0 spiro atoms. The zero-order valence-electron chi connectivity index (χ0n) is 9.69. The van der Waals surface area contributed by atoms with E-state index in [9.17, 15) is 9.18 Å². The summed E-state index contributed by atoms with van der Waals surface area (Å²) in [4.78, 5) is 10.7. The van der Waals surface area contributed by atoms with Gasteiger partial charge in [-0.1, -0.05) is 0 Å². The first-order valence-corrected chi connectivity index (χ1v) is 7.83. The summed E-state index contributed by atoms with van der Waals surface area (Å²) in [5.41, 5.74) is 0.344. The molecule has 18 heavy (non-hydrogen) atoms. The summed E-state index contributed by atoms with van der Waals surface area (Å²) in [5.74, 6) is 1.52. The number of nitrogens with one attached hydrogen (secondary N) is 1. The van der Waals surface area contributed by atoms with Gasteiger partial charge in [0.25, 0.3) is 0 Å². The van der Waals surface area contributed by atoms with Crippen molar-refractivity contribution >= 4 is 35.2 Å². The maximum absolute atomic E-state index is 13.4. The summed E-state index contributed by atoms with van der Waals surface area (Å²) >= 11 is 3.86. The van der Waals surface area contributed by atoms with Gasteiger partial charge in [0.15, 0.2) is 0 Å². The molecule has 1 heterocycles. The lowest BCUT2D eigenvalue weighted by Crippen LogP contribution is -2.23. The normalized spacial score (nSPS) is 19.5.